The summed E-state index contributed by atoms with van der Waals surface area (Å²) in [6.45, 7) is 18.9. The Hall–Kier alpha value is -3.40. The van der Waals surface area contributed by atoms with Crippen LogP contribution < -0.4 is 9.05 Å². The lowest BCUT2D eigenvalue weighted by atomic mass is 9.79. The van der Waals surface area contributed by atoms with Crippen LogP contribution in [0.2, 0.25) is 0 Å². The number of allylic oxidation sites excluding steroid dienone is 1. The molecule has 0 saturated heterocycles. The van der Waals surface area contributed by atoms with Crippen molar-refractivity contribution in [3.63, 3.8) is 0 Å². The molecule has 0 saturated carbocycles. The van der Waals surface area contributed by atoms with Gasteiger partial charge in [0.2, 0.25) is 0 Å². The third kappa shape index (κ3) is 11.3. The molecule has 0 amide bonds. The summed E-state index contributed by atoms with van der Waals surface area (Å²) in [4.78, 5) is 0. The first kappa shape index (κ1) is 40.4. The summed E-state index contributed by atoms with van der Waals surface area (Å²) in [5, 5.41) is 0. The molecule has 0 N–H and O–H groups in total. The number of rotatable bonds is 20. The minimum absolute atomic E-state index is 0.0779. The van der Waals surface area contributed by atoms with Crippen LogP contribution in [0.5, 0.6) is 11.5 Å². The molecule has 0 aliphatic rings. The molecule has 2 atom stereocenters. The van der Waals surface area contributed by atoms with Gasteiger partial charge in [0.1, 0.15) is 11.5 Å². The van der Waals surface area contributed by atoms with Gasteiger partial charge in [0.15, 0.2) is 0 Å². The van der Waals surface area contributed by atoms with Crippen LogP contribution in [0.25, 0.3) is 16.7 Å². The quantitative estimate of drug-likeness (QED) is 0.0666. The van der Waals surface area contributed by atoms with Crippen molar-refractivity contribution in [2.24, 2.45) is 0 Å². The molecule has 4 aromatic carbocycles. The summed E-state index contributed by atoms with van der Waals surface area (Å²) in [6, 6.07) is 29.2. The lowest BCUT2D eigenvalue weighted by molar-refractivity contribution is 0.276. The van der Waals surface area contributed by atoms with Crippen molar-refractivity contribution in [1.82, 2.24) is 0 Å². The van der Waals surface area contributed by atoms with Crippen LogP contribution in [0, 0.1) is 6.92 Å². The van der Waals surface area contributed by atoms with Crippen molar-refractivity contribution in [3.8, 4) is 22.6 Å². The first-order valence-corrected chi connectivity index (χ1v) is 21.7. The van der Waals surface area contributed by atoms with E-state index >= 15 is 0 Å². The van der Waals surface area contributed by atoms with Crippen molar-refractivity contribution in [2.75, 3.05) is 13.2 Å². The van der Waals surface area contributed by atoms with Gasteiger partial charge in [0.05, 0.1) is 31.1 Å². The molecule has 0 radical (unpaired) electrons. The molecule has 0 aliphatic carbocycles. The van der Waals surface area contributed by atoms with Gasteiger partial charge in [-0.1, -0.05) is 143 Å². The molecular weight excluding hydrogens is 674 g/mol. The second-order valence-electron chi connectivity index (χ2n) is 13.9. The maximum absolute atomic E-state index is 14.8. The van der Waals surface area contributed by atoms with Gasteiger partial charge in [-0.05, 0) is 79.5 Å². The van der Waals surface area contributed by atoms with Crippen LogP contribution in [0.15, 0.2) is 97.6 Å². The maximum Gasteiger partial charge on any atom is 0.383 e. The molecule has 0 bridgehead atoms. The van der Waals surface area contributed by atoms with Crippen LogP contribution >= 0.6 is 15.2 Å². The lowest BCUT2D eigenvalue weighted by Gasteiger charge is -2.30. The van der Waals surface area contributed by atoms with E-state index in [-0.39, 0.29) is 31.0 Å². The first-order valence-electron chi connectivity index (χ1n) is 18.2. The molecule has 4 rings (SSSR count). The van der Waals surface area contributed by atoms with E-state index in [0.717, 1.165) is 64.6 Å². The monoisotopic (exact) mass is 730 g/mol. The predicted octanol–water partition coefficient (Wildman–Crippen LogP) is 13.6. The van der Waals surface area contributed by atoms with E-state index in [1.807, 2.05) is 119 Å². The standard InChI is InChI=1S/C43H56O6P2/c1-9-12-13-20-27-43(7,8)37-29-40(48-50(44,46-10-2)31-35-21-16-14-17-22-35)42(39-28-34(6)25-26-38(39)33(4)5)41(30-37)49-51(45,47-11-3)32-36-23-18-15-19-24-36/h14-19,21-26,28-30H,4,9-13,20,27,31-32H2,1-3,5-8H3. The molecule has 4 aromatic rings. The highest BCUT2D eigenvalue weighted by Crippen LogP contribution is 2.59. The summed E-state index contributed by atoms with van der Waals surface area (Å²) in [5.74, 6) is 0.681. The minimum atomic E-state index is -3.78. The number of unbranched alkanes of at least 4 members (excludes halogenated alkanes) is 3. The summed E-state index contributed by atoms with van der Waals surface area (Å²) in [6.07, 6.45) is 5.56. The van der Waals surface area contributed by atoms with Crippen molar-refractivity contribution >= 4 is 20.8 Å². The second kappa shape index (κ2) is 18.4. The van der Waals surface area contributed by atoms with Crippen molar-refractivity contribution in [1.29, 1.82) is 0 Å². The molecular formula is C43H56O6P2. The van der Waals surface area contributed by atoms with E-state index in [1.54, 1.807) is 0 Å². The van der Waals surface area contributed by atoms with Crippen LogP contribution in [-0.2, 0) is 35.9 Å². The van der Waals surface area contributed by atoms with Crippen LogP contribution in [-0.4, -0.2) is 13.2 Å². The number of hydrogen-bond acceptors (Lipinski definition) is 6. The van der Waals surface area contributed by atoms with Crippen LogP contribution in [0.1, 0.15) is 101 Å². The van der Waals surface area contributed by atoms with E-state index in [2.05, 4.69) is 27.4 Å². The van der Waals surface area contributed by atoms with E-state index in [4.69, 9.17) is 18.1 Å². The lowest BCUT2D eigenvalue weighted by Crippen LogP contribution is -2.18. The average molecular weight is 731 g/mol. The highest BCUT2D eigenvalue weighted by Gasteiger charge is 2.35. The Kier molecular flexibility index (Phi) is 14.6. The zero-order chi connectivity index (χ0) is 37.1. The predicted molar refractivity (Wildman–Crippen MR) is 213 cm³/mol. The Balaban J connectivity index is 2.03. The molecule has 0 aromatic heterocycles. The highest BCUT2D eigenvalue weighted by molar-refractivity contribution is 7.53. The summed E-state index contributed by atoms with van der Waals surface area (Å²) in [7, 11) is -7.56. The molecule has 0 heterocycles. The van der Waals surface area contributed by atoms with Gasteiger partial charge in [-0.15, -0.1) is 0 Å². The van der Waals surface area contributed by atoms with Gasteiger partial charge >= 0.3 is 15.2 Å². The SMILES string of the molecule is C=C(C)c1ccc(C)cc1-c1c(OP(=O)(Cc2ccccc2)OCC)cc(C(C)(C)CCCCCC)cc1OP(=O)(Cc1ccccc1)OCC. The van der Waals surface area contributed by atoms with Crippen molar-refractivity contribution < 1.29 is 27.2 Å². The summed E-state index contributed by atoms with van der Waals surface area (Å²) < 4.78 is 55.0. The zero-order valence-corrected chi connectivity index (χ0v) is 33.4. The highest BCUT2D eigenvalue weighted by atomic mass is 31.2. The maximum atomic E-state index is 14.8. The molecule has 0 spiro atoms. The second-order valence-corrected chi connectivity index (χ2v) is 17.9. The smallest absolute Gasteiger partial charge is 0.383 e. The van der Waals surface area contributed by atoms with Gasteiger partial charge in [0, 0.05) is 0 Å². The van der Waals surface area contributed by atoms with Crippen molar-refractivity contribution in [2.45, 2.75) is 98.3 Å². The molecule has 2 unspecified atom stereocenters. The Morgan fingerprint density at radius 2 is 1.22 bits per heavy atom. The Morgan fingerprint density at radius 3 is 1.67 bits per heavy atom. The zero-order valence-electron chi connectivity index (χ0n) is 31.6. The van der Waals surface area contributed by atoms with Gasteiger partial charge in [0.25, 0.3) is 0 Å². The molecule has 8 heteroatoms. The fourth-order valence-corrected chi connectivity index (χ4v) is 9.69. The third-order valence-corrected chi connectivity index (χ3v) is 12.7. The Morgan fingerprint density at radius 1 is 0.706 bits per heavy atom. The molecule has 274 valence electrons. The van der Waals surface area contributed by atoms with Gasteiger partial charge in [-0.2, -0.15) is 0 Å². The summed E-state index contributed by atoms with van der Waals surface area (Å²) in [5.41, 5.74) is 6.26. The Bertz CT molecular complexity index is 1750. The number of benzene rings is 4. The summed E-state index contributed by atoms with van der Waals surface area (Å²) >= 11 is 0. The fraction of sp³-hybridized carbons (Fsp3) is 0.395. The number of aryl methyl sites for hydroxylation is 1. The van der Waals surface area contributed by atoms with Gasteiger partial charge in [-0.25, -0.2) is 9.13 Å². The average Bonchev–Trinajstić information content (AvgIpc) is 3.07. The third-order valence-electron chi connectivity index (χ3n) is 8.97. The fourth-order valence-electron chi connectivity index (χ4n) is 6.28. The van der Waals surface area contributed by atoms with Crippen LogP contribution in [0.3, 0.4) is 0 Å². The topological polar surface area (TPSA) is 71.1 Å². The van der Waals surface area contributed by atoms with E-state index in [0.29, 0.717) is 17.1 Å². The van der Waals surface area contributed by atoms with E-state index < -0.39 is 15.2 Å². The molecule has 0 aliphatic heterocycles. The van der Waals surface area contributed by atoms with E-state index in [9.17, 15) is 9.13 Å². The molecule has 6 nitrogen and oxygen atoms in total. The van der Waals surface area contributed by atoms with Crippen LogP contribution in [0.4, 0.5) is 0 Å². The molecule has 51 heavy (non-hydrogen) atoms. The van der Waals surface area contributed by atoms with E-state index in [1.165, 1.54) is 6.42 Å². The largest absolute Gasteiger partial charge is 0.423 e. The first-order chi connectivity index (χ1) is 24.3. The van der Waals surface area contributed by atoms with Crippen molar-refractivity contribution in [3.05, 3.63) is 125 Å². The van der Waals surface area contributed by atoms with Gasteiger partial charge in [-0.3, -0.25) is 9.05 Å². The van der Waals surface area contributed by atoms with Gasteiger partial charge < -0.3 is 9.05 Å². The minimum Gasteiger partial charge on any atom is -0.423 e. The Labute approximate surface area is 306 Å². The number of hydrogen-bond donors (Lipinski definition) is 0. The normalized spacial score (nSPS) is 14.0. The molecule has 0 fully saturated rings.